The molecule has 0 N–H and O–H groups in total. The molecule has 0 unspecified atom stereocenters. The van der Waals surface area contributed by atoms with Crippen LogP contribution < -0.4 is 5.76 Å². The van der Waals surface area contributed by atoms with E-state index in [1.807, 2.05) is 31.4 Å². The number of rotatable bonds is 7. The van der Waals surface area contributed by atoms with Gasteiger partial charge < -0.3 is 13.7 Å². The molecule has 0 saturated carbocycles. The number of benzene rings is 1. The van der Waals surface area contributed by atoms with E-state index in [0.717, 1.165) is 22.6 Å². The van der Waals surface area contributed by atoms with Gasteiger partial charge in [-0.15, -0.1) is 5.10 Å². The van der Waals surface area contributed by atoms with Gasteiger partial charge in [0.05, 0.1) is 0 Å². The zero-order chi connectivity index (χ0) is 20.3. The molecular weight excluding hydrogens is 362 g/mol. The van der Waals surface area contributed by atoms with Crippen molar-refractivity contribution in [1.29, 1.82) is 0 Å². The van der Waals surface area contributed by atoms with E-state index < -0.39 is 24.9 Å². The lowest BCUT2D eigenvalue weighted by atomic mass is 10.1. The molecule has 8 heteroatoms. The first-order chi connectivity index (χ1) is 13.4. The molecule has 0 fully saturated rings. The maximum Gasteiger partial charge on any atom is 0.437 e. The van der Waals surface area contributed by atoms with Crippen LogP contribution in [0.4, 0.5) is 0 Å². The van der Waals surface area contributed by atoms with E-state index in [2.05, 4.69) is 5.10 Å². The number of nitrogens with zero attached hydrogens (tertiary/aromatic N) is 3. The van der Waals surface area contributed by atoms with Crippen molar-refractivity contribution >= 4 is 11.8 Å². The van der Waals surface area contributed by atoms with Crippen LogP contribution in [0.25, 0.3) is 11.5 Å². The minimum absolute atomic E-state index is 0.112. The third-order valence-corrected chi connectivity index (χ3v) is 4.46. The van der Waals surface area contributed by atoms with Crippen molar-refractivity contribution < 1.29 is 18.7 Å². The predicted molar refractivity (Wildman–Crippen MR) is 101 cm³/mol. The molecule has 0 spiro atoms. The number of ether oxygens (including phenoxy) is 1. The number of hydrogen-bond donors (Lipinski definition) is 0. The van der Waals surface area contributed by atoms with E-state index in [9.17, 15) is 14.4 Å². The van der Waals surface area contributed by atoms with E-state index in [0.29, 0.717) is 11.1 Å². The Kier molecular flexibility index (Phi) is 5.58. The fraction of sp³-hybridized carbons (Fsp3) is 0.300. The second-order valence-electron chi connectivity index (χ2n) is 6.31. The summed E-state index contributed by atoms with van der Waals surface area (Å²) in [6.45, 7) is 5.69. The highest BCUT2D eigenvalue weighted by atomic mass is 16.5. The van der Waals surface area contributed by atoms with Crippen LogP contribution in [0.1, 0.15) is 28.7 Å². The minimum atomic E-state index is -0.770. The Morgan fingerprint density at radius 3 is 2.54 bits per heavy atom. The highest BCUT2D eigenvalue weighted by molar-refractivity contribution is 5.99. The van der Waals surface area contributed by atoms with Gasteiger partial charge >= 0.3 is 11.7 Å². The Morgan fingerprint density at radius 1 is 1.18 bits per heavy atom. The molecule has 28 heavy (non-hydrogen) atoms. The van der Waals surface area contributed by atoms with Crippen LogP contribution in [0.2, 0.25) is 0 Å². The average Bonchev–Trinajstić information content (AvgIpc) is 3.19. The molecule has 0 aliphatic carbocycles. The summed E-state index contributed by atoms with van der Waals surface area (Å²) in [7, 11) is 0. The average molecular weight is 383 g/mol. The Bertz CT molecular complexity index is 1060. The maximum absolute atomic E-state index is 12.4. The van der Waals surface area contributed by atoms with Crippen molar-refractivity contribution in [3.05, 3.63) is 63.9 Å². The summed E-state index contributed by atoms with van der Waals surface area (Å²) in [5, 5.41) is 3.99. The predicted octanol–water partition coefficient (Wildman–Crippen LogP) is 2.37. The van der Waals surface area contributed by atoms with Crippen molar-refractivity contribution in [2.75, 3.05) is 6.61 Å². The quantitative estimate of drug-likeness (QED) is 0.459. The van der Waals surface area contributed by atoms with E-state index in [4.69, 9.17) is 9.15 Å². The van der Waals surface area contributed by atoms with Crippen LogP contribution >= 0.6 is 0 Å². The van der Waals surface area contributed by atoms with Crippen molar-refractivity contribution in [3.8, 4) is 11.5 Å². The molecule has 3 aromatic rings. The third-order valence-electron chi connectivity index (χ3n) is 4.46. The fourth-order valence-corrected chi connectivity index (χ4v) is 3.07. The summed E-state index contributed by atoms with van der Waals surface area (Å²) in [5.41, 5.74) is 2.95. The zero-order valence-electron chi connectivity index (χ0n) is 16.0. The molecule has 0 aliphatic heterocycles. The number of carbonyl (C=O) groups is 2. The van der Waals surface area contributed by atoms with Crippen molar-refractivity contribution in [3.63, 3.8) is 0 Å². The molecule has 0 radical (unpaired) electrons. The Hall–Kier alpha value is -3.42. The molecule has 2 aromatic heterocycles. The number of Topliss-reactive ketones (excluding diaryl/α,β-unsaturated/α-hetero) is 1. The smallest absolute Gasteiger partial charge is 0.437 e. The lowest BCUT2D eigenvalue weighted by molar-refractivity contribution is -0.143. The Labute approximate surface area is 161 Å². The maximum atomic E-state index is 12.4. The number of aryl methyl sites for hydroxylation is 1. The van der Waals surface area contributed by atoms with Gasteiger partial charge in [0.25, 0.3) is 0 Å². The fourth-order valence-electron chi connectivity index (χ4n) is 3.07. The van der Waals surface area contributed by atoms with Gasteiger partial charge in [-0.2, -0.15) is 4.68 Å². The highest BCUT2D eigenvalue weighted by Crippen LogP contribution is 2.16. The second-order valence-corrected chi connectivity index (χ2v) is 6.31. The summed E-state index contributed by atoms with van der Waals surface area (Å²) < 4.78 is 13.0. The monoisotopic (exact) mass is 383 g/mol. The summed E-state index contributed by atoms with van der Waals surface area (Å²) in [5.74, 6) is -1.69. The molecule has 146 valence electrons. The molecule has 8 nitrogen and oxygen atoms in total. The van der Waals surface area contributed by atoms with Crippen molar-refractivity contribution in [2.24, 2.45) is 0 Å². The second kappa shape index (κ2) is 8.08. The topological polar surface area (TPSA) is 96.3 Å². The van der Waals surface area contributed by atoms with Crippen molar-refractivity contribution in [1.82, 2.24) is 14.3 Å². The van der Waals surface area contributed by atoms with Gasteiger partial charge in [-0.25, -0.2) is 4.79 Å². The number of carbonyl (C=O) groups excluding carboxylic acids is 2. The van der Waals surface area contributed by atoms with Crippen LogP contribution in [-0.4, -0.2) is 32.7 Å². The summed E-state index contributed by atoms with van der Waals surface area (Å²) in [6.07, 6.45) is 0. The Balaban J connectivity index is 1.63. The molecule has 0 amide bonds. The molecule has 0 saturated heterocycles. The van der Waals surface area contributed by atoms with Crippen molar-refractivity contribution in [2.45, 2.75) is 33.9 Å². The van der Waals surface area contributed by atoms with E-state index in [1.54, 1.807) is 30.3 Å². The molecule has 2 heterocycles. The van der Waals surface area contributed by atoms with E-state index in [-0.39, 0.29) is 11.7 Å². The van der Waals surface area contributed by atoms with Crippen LogP contribution in [0.5, 0.6) is 0 Å². The normalized spacial score (nSPS) is 10.8. The number of hydrogen-bond acceptors (Lipinski definition) is 6. The SMILES string of the molecule is CCn1c(C)cc(C(=O)COC(=O)Cn2nc(-c3ccccc3)oc2=O)c1C. The van der Waals surface area contributed by atoms with Gasteiger partial charge in [0.1, 0.15) is 6.54 Å². The molecule has 0 atom stereocenters. The molecule has 1 aromatic carbocycles. The first-order valence-electron chi connectivity index (χ1n) is 8.89. The van der Waals surface area contributed by atoms with Gasteiger partial charge in [-0.3, -0.25) is 9.59 Å². The largest absolute Gasteiger partial charge is 0.456 e. The summed E-state index contributed by atoms with van der Waals surface area (Å²) in [4.78, 5) is 36.3. The van der Waals surface area contributed by atoms with Gasteiger partial charge in [0.15, 0.2) is 6.61 Å². The van der Waals surface area contributed by atoms with Gasteiger partial charge in [0, 0.05) is 29.1 Å². The van der Waals surface area contributed by atoms with Gasteiger partial charge in [0.2, 0.25) is 11.7 Å². The van der Waals surface area contributed by atoms with Gasteiger partial charge in [-0.1, -0.05) is 18.2 Å². The standard InChI is InChI=1S/C20H21N3O5/c1-4-22-13(2)10-16(14(22)3)17(24)12-27-18(25)11-23-20(26)28-19(21-23)15-8-6-5-7-9-15/h5-10H,4,11-12H2,1-3H3. The third kappa shape index (κ3) is 3.95. The number of aromatic nitrogens is 3. The molecular formula is C20H21N3O5. The summed E-state index contributed by atoms with van der Waals surface area (Å²) in [6, 6.07) is 10.6. The Morgan fingerprint density at radius 2 is 1.89 bits per heavy atom. The van der Waals surface area contributed by atoms with Crippen LogP contribution in [0.15, 0.2) is 45.6 Å². The lowest BCUT2D eigenvalue weighted by Gasteiger charge is -2.06. The molecule has 0 aliphatic rings. The molecule has 0 bridgehead atoms. The van der Waals surface area contributed by atoms with E-state index >= 15 is 0 Å². The number of esters is 1. The van der Waals surface area contributed by atoms with E-state index in [1.165, 1.54) is 0 Å². The number of ketones is 1. The zero-order valence-corrected chi connectivity index (χ0v) is 16.0. The van der Waals surface area contributed by atoms with Crippen LogP contribution in [-0.2, 0) is 22.6 Å². The first kappa shape index (κ1) is 19.3. The van der Waals surface area contributed by atoms with Gasteiger partial charge in [-0.05, 0) is 39.0 Å². The van der Waals surface area contributed by atoms with Crippen LogP contribution in [0, 0.1) is 13.8 Å². The summed E-state index contributed by atoms with van der Waals surface area (Å²) >= 11 is 0. The highest BCUT2D eigenvalue weighted by Gasteiger charge is 2.18. The minimum Gasteiger partial charge on any atom is -0.456 e. The molecule has 3 rings (SSSR count). The first-order valence-corrected chi connectivity index (χ1v) is 8.89. The van der Waals surface area contributed by atoms with Crippen LogP contribution in [0.3, 0.4) is 0 Å². The lowest BCUT2D eigenvalue weighted by Crippen LogP contribution is -2.24.